The maximum Gasteiger partial charge on any atom is 0.287 e. The minimum absolute atomic E-state index is 0.0157. The Labute approximate surface area is 170 Å². The van der Waals surface area contributed by atoms with Crippen LogP contribution in [0.15, 0.2) is 28.7 Å². The van der Waals surface area contributed by atoms with E-state index in [1.54, 1.807) is 6.92 Å². The van der Waals surface area contributed by atoms with E-state index in [9.17, 15) is 13.2 Å². The van der Waals surface area contributed by atoms with Gasteiger partial charge >= 0.3 is 0 Å². The van der Waals surface area contributed by atoms with Crippen molar-refractivity contribution in [2.75, 3.05) is 11.5 Å². The Kier molecular flexibility index (Phi) is 5.49. The van der Waals surface area contributed by atoms with Crippen LogP contribution in [0.25, 0.3) is 11.0 Å². The topological polar surface area (TPSA) is 76.4 Å². The van der Waals surface area contributed by atoms with Gasteiger partial charge in [0.2, 0.25) is 0 Å². The summed E-state index contributed by atoms with van der Waals surface area (Å²) in [5, 5.41) is 4.55. The van der Waals surface area contributed by atoms with Crippen LogP contribution in [0.3, 0.4) is 0 Å². The second-order valence-corrected chi connectivity index (χ2v) is 11.8. The number of sulfone groups is 1. The van der Waals surface area contributed by atoms with Crippen LogP contribution in [0.5, 0.6) is 0 Å². The zero-order valence-corrected chi connectivity index (χ0v) is 17.8. The Balaban J connectivity index is 1.58. The van der Waals surface area contributed by atoms with Gasteiger partial charge in [-0.2, -0.15) is 11.8 Å². The summed E-state index contributed by atoms with van der Waals surface area (Å²) < 4.78 is 29.7. The molecule has 1 saturated carbocycles. The van der Waals surface area contributed by atoms with E-state index in [2.05, 4.69) is 5.32 Å². The van der Waals surface area contributed by atoms with Crippen molar-refractivity contribution in [1.29, 1.82) is 0 Å². The molecule has 0 spiro atoms. The predicted molar refractivity (Wildman–Crippen MR) is 114 cm³/mol. The van der Waals surface area contributed by atoms with Gasteiger partial charge in [0.1, 0.15) is 5.58 Å². The molecular weight excluding hydrogens is 394 g/mol. The van der Waals surface area contributed by atoms with Crippen molar-refractivity contribution in [3.05, 3.63) is 35.6 Å². The quantitative estimate of drug-likeness (QED) is 0.779. The third-order valence-electron chi connectivity index (χ3n) is 5.84. The zero-order chi connectivity index (χ0) is 19.8. The van der Waals surface area contributed by atoms with Crippen LogP contribution in [0.1, 0.15) is 61.6 Å². The third-order valence-corrected chi connectivity index (χ3v) is 9.14. The molecule has 2 heterocycles. The predicted octanol–water partition coefficient (Wildman–Crippen LogP) is 4.31. The molecule has 2 aliphatic rings. The Hall–Kier alpha value is -1.47. The van der Waals surface area contributed by atoms with Crippen LogP contribution < -0.4 is 5.32 Å². The maximum absolute atomic E-state index is 13.0. The fourth-order valence-corrected chi connectivity index (χ4v) is 7.75. The molecule has 1 aliphatic heterocycles. The molecule has 1 atom stereocenters. The molecule has 1 amide bonds. The van der Waals surface area contributed by atoms with Crippen LogP contribution in [-0.4, -0.2) is 36.6 Å². The first-order chi connectivity index (χ1) is 13.4. The third kappa shape index (κ3) is 4.25. The summed E-state index contributed by atoms with van der Waals surface area (Å²) in [7, 11) is -3.09. The van der Waals surface area contributed by atoms with Gasteiger partial charge in [0.05, 0.1) is 17.0 Å². The normalized spacial score (nSPS) is 25.2. The first-order valence-electron chi connectivity index (χ1n) is 10.0. The molecule has 1 aromatic carbocycles. The molecule has 1 unspecified atom stereocenters. The summed E-state index contributed by atoms with van der Waals surface area (Å²) >= 11 is 1.91. The highest BCUT2D eigenvalue weighted by atomic mass is 32.2. The van der Waals surface area contributed by atoms with Crippen LogP contribution in [0.2, 0.25) is 0 Å². The average molecular weight is 422 g/mol. The lowest BCUT2D eigenvalue weighted by Gasteiger charge is -2.24. The number of carbonyl (C=O) groups is 1. The van der Waals surface area contributed by atoms with Crippen LogP contribution in [-0.2, 0) is 15.6 Å². The summed E-state index contributed by atoms with van der Waals surface area (Å²) in [6.45, 7) is 1.80. The first-order valence-corrected chi connectivity index (χ1v) is 12.9. The molecule has 1 saturated heterocycles. The van der Waals surface area contributed by atoms with Crippen molar-refractivity contribution < 1.29 is 17.6 Å². The van der Waals surface area contributed by atoms with Gasteiger partial charge in [-0.25, -0.2) is 8.42 Å². The number of nitrogens with one attached hydrogen (secondary N) is 1. The van der Waals surface area contributed by atoms with E-state index >= 15 is 0 Å². The van der Waals surface area contributed by atoms with Crippen LogP contribution >= 0.6 is 11.8 Å². The highest BCUT2D eigenvalue weighted by Gasteiger charge is 2.40. The Bertz CT molecular complexity index is 975. The van der Waals surface area contributed by atoms with E-state index in [4.69, 9.17) is 4.42 Å². The van der Waals surface area contributed by atoms with Crippen molar-refractivity contribution in [3.63, 3.8) is 0 Å². The number of benzene rings is 1. The van der Waals surface area contributed by atoms with Crippen LogP contribution in [0.4, 0.5) is 0 Å². The van der Waals surface area contributed by atoms with Gasteiger partial charge in [-0.3, -0.25) is 4.79 Å². The summed E-state index contributed by atoms with van der Waals surface area (Å²) in [5.74, 6) is 0.858. The fourth-order valence-electron chi connectivity index (χ4n) is 4.30. The van der Waals surface area contributed by atoms with Gasteiger partial charge in [0, 0.05) is 22.0 Å². The van der Waals surface area contributed by atoms with Crippen molar-refractivity contribution in [2.45, 2.75) is 62.0 Å². The van der Waals surface area contributed by atoms with Gasteiger partial charge in [-0.05, 0) is 32.3 Å². The van der Waals surface area contributed by atoms with E-state index < -0.39 is 15.4 Å². The van der Waals surface area contributed by atoms with E-state index in [1.807, 2.05) is 36.0 Å². The Morgan fingerprint density at radius 2 is 2.00 bits per heavy atom. The molecule has 0 bridgehead atoms. The highest BCUT2D eigenvalue weighted by molar-refractivity contribution is 7.99. The van der Waals surface area contributed by atoms with Gasteiger partial charge in [0.25, 0.3) is 5.91 Å². The monoisotopic (exact) mass is 421 g/mol. The number of hydrogen-bond acceptors (Lipinski definition) is 5. The smallest absolute Gasteiger partial charge is 0.287 e. The van der Waals surface area contributed by atoms with Crippen molar-refractivity contribution in [1.82, 2.24) is 5.32 Å². The van der Waals surface area contributed by atoms with Crippen molar-refractivity contribution in [2.24, 2.45) is 0 Å². The van der Waals surface area contributed by atoms with E-state index in [0.29, 0.717) is 23.0 Å². The number of rotatable bonds is 5. The van der Waals surface area contributed by atoms with E-state index in [-0.39, 0.29) is 17.4 Å². The average Bonchev–Trinajstić information content (AvgIpc) is 3.17. The number of hydrogen-bond donors (Lipinski definition) is 1. The molecule has 1 aliphatic carbocycles. The number of furan rings is 1. The molecular formula is C21H27NO4S2. The lowest BCUT2D eigenvalue weighted by Crippen LogP contribution is -2.47. The van der Waals surface area contributed by atoms with Gasteiger partial charge < -0.3 is 9.73 Å². The van der Waals surface area contributed by atoms with Gasteiger partial charge in [-0.1, -0.05) is 37.5 Å². The minimum Gasteiger partial charge on any atom is -0.451 e. The molecule has 28 heavy (non-hydrogen) atoms. The summed E-state index contributed by atoms with van der Waals surface area (Å²) in [4.78, 5) is 13.0. The molecule has 0 radical (unpaired) electrons. The van der Waals surface area contributed by atoms with E-state index in [0.717, 1.165) is 16.7 Å². The number of carbonyl (C=O) groups excluding carboxylic acids is 1. The highest BCUT2D eigenvalue weighted by Crippen LogP contribution is 2.35. The van der Waals surface area contributed by atoms with Crippen LogP contribution in [0, 0.1) is 0 Å². The lowest BCUT2D eigenvalue weighted by molar-refractivity contribution is 0.0888. The number of para-hydroxylation sites is 1. The number of amides is 1. The lowest BCUT2D eigenvalue weighted by atomic mass is 10.0. The van der Waals surface area contributed by atoms with E-state index in [1.165, 1.54) is 32.1 Å². The summed E-state index contributed by atoms with van der Waals surface area (Å²) in [5.41, 5.74) is 0.895. The Morgan fingerprint density at radius 3 is 2.71 bits per heavy atom. The second-order valence-electron chi connectivity index (χ2n) is 8.33. The van der Waals surface area contributed by atoms with Crippen molar-refractivity contribution in [3.8, 4) is 0 Å². The van der Waals surface area contributed by atoms with Crippen molar-refractivity contribution >= 4 is 38.5 Å². The maximum atomic E-state index is 13.0. The van der Waals surface area contributed by atoms with Gasteiger partial charge in [-0.15, -0.1) is 0 Å². The molecule has 2 fully saturated rings. The standard InChI is InChI=1S/C21H27NO4S2/c1-21(11-12-28(24,25)14-21)22-20(23)19-17(13-27-15-7-3-2-4-8-15)16-9-5-6-10-18(16)26-19/h5-6,9-10,15H,2-4,7-8,11-14H2,1H3,(H,22,23). The second kappa shape index (κ2) is 7.75. The largest absolute Gasteiger partial charge is 0.451 e. The molecule has 4 rings (SSSR count). The zero-order valence-electron chi connectivity index (χ0n) is 16.2. The fraction of sp³-hybridized carbons (Fsp3) is 0.571. The number of thioether (sulfide) groups is 1. The van der Waals surface area contributed by atoms with Gasteiger partial charge in [0.15, 0.2) is 15.6 Å². The molecule has 2 aromatic rings. The molecule has 1 N–H and O–H groups in total. The molecule has 7 heteroatoms. The summed E-state index contributed by atoms with van der Waals surface area (Å²) in [6, 6.07) is 7.73. The molecule has 152 valence electrons. The minimum atomic E-state index is -3.09. The summed E-state index contributed by atoms with van der Waals surface area (Å²) in [6.07, 6.45) is 6.79. The first kappa shape index (κ1) is 19.8. The Morgan fingerprint density at radius 1 is 1.25 bits per heavy atom. The molecule has 1 aromatic heterocycles. The molecule has 5 nitrogen and oxygen atoms in total. The SMILES string of the molecule is CC1(NC(=O)c2oc3ccccc3c2CSC2CCCCC2)CCS(=O)(=O)C1. The number of fused-ring (bicyclic) bond motifs is 1.